The van der Waals surface area contributed by atoms with E-state index in [2.05, 4.69) is 26.0 Å². The molecule has 0 bridgehead atoms. The fourth-order valence-corrected chi connectivity index (χ4v) is 3.49. The zero-order valence-electron chi connectivity index (χ0n) is 16.5. The Hall–Kier alpha value is -2.68. The minimum Gasteiger partial charge on any atom is -0.318 e. The number of amides is 1. The van der Waals surface area contributed by atoms with Gasteiger partial charge in [-0.25, -0.2) is 0 Å². The highest BCUT2D eigenvalue weighted by Crippen LogP contribution is 2.37. The lowest BCUT2D eigenvalue weighted by atomic mass is 9.75. The van der Waals surface area contributed by atoms with Gasteiger partial charge in [0.05, 0.1) is 0 Å². The molecule has 0 aromatic heterocycles. The highest BCUT2D eigenvalue weighted by molar-refractivity contribution is 6.10. The topological polar surface area (TPSA) is 37.4 Å². The quantitative estimate of drug-likeness (QED) is 0.675. The summed E-state index contributed by atoms with van der Waals surface area (Å²) in [5.74, 6) is 0.443. The summed E-state index contributed by atoms with van der Waals surface area (Å²) in [6.45, 7) is 8.73. The van der Waals surface area contributed by atoms with E-state index in [4.69, 9.17) is 0 Å². The molecule has 2 aromatic rings. The molecule has 0 radical (unpaired) electrons. The number of carbonyl (C=O) groups is 2. The van der Waals surface area contributed by atoms with Crippen LogP contribution in [-0.2, 0) is 4.79 Å². The van der Waals surface area contributed by atoms with Gasteiger partial charge in [0.1, 0.15) is 0 Å². The number of hydrogen-bond acceptors (Lipinski definition) is 2. The number of benzene rings is 2. The fraction of sp³-hybridized carbons (Fsp3) is 0.333. The van der Waals surface area contributed by atoms with E-state index in [-0.39, 0.29) is 11.7 Å². The first-order valence-corrected chi connectivity index (χ1v) is 9.50. The first-order chi connectivity index (χ1) is 12.8. The SMILES string of the molecule is CC(C)CN1C=C(C(=O)c2ccc(-c3ccccc3)cc2)C(C)(C)CC1=O. The number of carbonyl (C=O) groups excluding carboxylic acids is 2. The van der Waals surface area contributed by atoms with Crippen molar-refractivity contribution >= 4 is 11.7 Å². The number of ketones is 1. The van der Waals surface area contributed by atoms with Crippen molar-refractivity contribution in [3.8, 4) is 11.1 Å². The van der Waals surface area contributed by atoms with Crippen molar-refractivity contribution in [2.24, 2.45) is 11.3 Å². The molecule has 1 amide bonds. The van der Waals surface area contributed by atoms with Gasteiger partial charge in [0.15, 0.2) is 5.78 Å². The molecule has 1 heterocycles. The van der Waals surface area contributed by atoms with E-state index >= 15 is 0 Å². The Bertz CT molecular complexity index is 861. The van der Waals surface area contributed by atoms with Gasteiger partial charge in [-0.2, -0.15) is 0 Å². The van der Waals surface area contributed by atoms with Crippen LogP contribution in [0.3, 0.4) is 0 Å². The van der Waals surface area contributed by atoms with Gasteiger partial charge in [-0.1, -0.05) is 82.3 Å². The molecule has 140 valence electrons. The number of hydrogen-bond donors (Lipinski definition) is 0. The van der Waals surface area contributed by atoms with E-state index in [0.29, 0.717) is 30.0 Å². The van der Waals surface area contributed by atoms with Crippen LogP contribution in [0.4, 0.5) is 0 Å². The normalized spacial score (nSPS) is 16.4. The molecule has 1 aliphatic rings. The summed E-state index contributed by atoms with van der Waals surface area (Å²) in [6, 6.07) is 17.8. The van der Waals surface area contributed by atoms with E-state index in [9.17, 15) is 9.59 Å². The van der Waals surface area contributed by atoms with Crippen molar-refractivity contribution in [3.05, 3.63) is 71.9 Å². The third-order valence-corrected chi connectivity index (χ3v) is 4.99. The number of allylic oxidation sites excluding steroid dienone is 1. The average molecular weight is 361 g/mol. The van der Waals surface area contributed by atoms with Crippen LogP contribution in [0.1, 0.15) is 44.5 Å². The number of nitrogens with zero attached hydrogens (tertiary/aromatic N) is 1. The molecule has 27 heavy (non-hydrogen) atoms. The third-order valence-electron chi connectivity index (χ3n) is 4.99. The molecule has 3 heteroatoms. The third kappa shape index (κ3) is 4.19. The maximum Gasteiger partial charge on any atom is 0.227 e. The van der Waals surface area contributed by atoms with Crippen molar-refractivity contribution in [2.45, 2.75) is 34.1 Å². The Morgan fingerprint density at radius 2 is 1.59 bits per heavy atom. The molecule has 1 aliphatic heterocycles. The summed E-state index contributed by atoms with van der Waals surface area (Å²) in [6.07, 6.45) is 2.14. The molecular formula is C24H27NO2. The predicted octanol–water partition coefficient (Wildman–Crippen LogP) is 5.33. The summed E-state index contributed by atoms with van der Waals surface area (Å²) < 4.78 is 0. The number of rotatable bonds is 5. The second-order valence-corrected chi connectivity index (χ2v) is 8.32. The van der Waals surface area contributed by atoms with E-state index in [1.54, 1.807) is 11.1 Å². The molecule has 0 fully saturated rings. The molecule has 0 N–H and O–H groups in total. The Labute approximate surface area is 161 Å². The molecule has 0 spiro atoms. The van der Waals surface area contributed by atoms with Crippen molar-refractivity contribution in [1.82, 2.24) is 4.90 Å². The summed E-state index contributed by atoms with van der Waals surface area (Å²) in [7, 11) is 0. The van der Waals surface area contributed by atoms with Crippen LogP contribution < -0.4 is 0 Å². The minimum absolute atomic E-state index is 0.000804. The fourth-order valence-electron chi connectivity index (χ4n) is 3.49. The maximum absolute atomic E-state index is 13.2. The van der Waals surface area contributed by atoms with Crippen LogP contribution in [0.2, 0.25) is 0 Å². The Morgan fingerprint density at radius 3 is 2.19 bits per heavy atom. The summed E-state index contributed by atoms with van der Waals surface area (Å²) in [5.41, 5.74) is 3.12. The lowest BCUT2D eigenvalue weighted by molar-refractivity contribution is -0.131. The van der Waals surface area contributed by atoms with E-state index in [1.807, 2.05) is 56.3 Å². The summed E-state index contributed by atoms with van der Waals surface area (Å²) in [4.78, 5) is 27.3. The Kier molecular flexibility index (Phi) is 5.31. The molecule has 0 atom stereocenters. The van der Waals surface area contributed by atoms with Gasteiger partial charge >= 0.3 is 0 Å². The van der Waals surface area contributed by atoms with E-state index in [1.165, 1.54) is 0 Å². The van der Waals surface area contributed by atoms with Crippen molar-refractivity contribution < 1.29 is 9.59 Å². The highest BCUT2D eigenvalue weighted by atomic mass is 16.2. The molecule has 0 saturated heterocycles. The molecule has 3 rings (SSSR count). The zero-order chi connectivity index (χ0) is 19.6. The van der Waals surface area contributed by atoms with Gasteiger partial charge in [-0.15, -0.1) is 0 Å². The van der Waals surface area contributed by atoms with Crippen molar-refractivity contribution in [3.63, 3.8) is 0 Å². The van der Waals surface area contributed by atoms with Crippen LogP contribution in [0.25, 0.3) is 11.1 Å². The number of Topliss-reactive ketones (excluding diaryl/α,β-unsaturated/α-hetero) is 1. The monoisotopic (exact) mass is 361 g/mol. The predicted molar refractivity (Wildman–Crippen MR) is 109 cm³/mol. The van der Waals surface area contributed by atoms with Gasteiger partial charge in [-0.05, 0) is 17.0 Å². The summed E-state index contributed by atoms with van der Waals surface area (Å²) >= 11 is 0. The molecule has 2 aromatic carbocycles. The first-order valence-electron chi connectivity index (χ1n) is 9.50. The first kappa shape index (κ1) is 19.1. The van der Waals surface area contributed by atoms with Gasteiger partial charge in [-0.3, -0.25) is 9.59 Å². The maximum atomic E-state index is 13.2. The van der Waals surface area contributed by atoms with Crippen molar-refractivity contribution in [2.75, 3.05) is 6.54 Å². The van der Waals surface area contributed by atoms with Gasteiger partial charge < -0.3 is 4.90 Å². The standard InChI is InChI=1S/C24H27NO2/c1-17(2)15-25-16-21(24(3,4)14-22(25)26)23(27)20-12-10-19(11-13-20)18-8-6-5-7-9-18/h5-13,16-17H,14-15H2,1-4H3. The zero-order valence-corrected chi connectivity index (χ0v) is 16.5. The second-order valence-electron chi connectivity index (χ2n) is 8.32. The van der Waals surface area contributed by atoms with Crippen LogP contribution >= 0.6 is 0 Å². The Balaban J connectivity index is 1.90. The van der Waals surface area contributed by atoms with Crippen LogP contribution in [0.5, 0.6) is 0 Å². The highest BCUT2D eigenvalue weighted by Gasteiger charge is 2.37. The molecule has 0 saturated carbocycles. The lowest BCUT2D eigenvalue weighted by Crippen LogP contribution is -2.40. The molecule has 3 nitrogen and oxygen atoms in total. The Morgan fingerprint density at radius 1 is 1.00 bits per heavy atom. The van der Waals surface area contributed by atoms with Crippen LogP contribution in [-0.4, -0.2) is 23.1 Å². The van der Waals surface area contributed by atoms with Crippen LogP contribution in [0.15, 0.2) is 66.4 Å². The second kappa shape index (κ2) is 7.51. The van der Waals surface area contributed by atoms with E-state index in [0.717, 1.165) is 11.1 Å². The van der Waals surface area contributed by atoms with Gasteiger partial charge in [0.2, 0.25) is 5.91 Å². The van der Waals surface area contributed by atoms with E-state index < -0.39 is 5.41 Å². The van der Waals surface area contributed by atoms with Gasteiger partial charge in [0.25, 0.3) is 0 Å². The lowest BCUT2D eigenvalue weighted by Gasteiger charge is -2.36. The average Bonchev–Trinajstić information content (AvgIpc) is 2.63. The van der Waals surface area contributed by atoms with Gasteiger partial charge in [0, 0.05) is 35.7 Å². The molecule has 0 aliphatic carbocycles. The minimum atomic E-state index is -0.459. The molecule has 0 unspecified atom stereocenters. The van der Waals surface area contributed by atoms with Crippen LogP contribution in [0, 0.1) is 11.3 Å². The largest absolute Gasteiger partial charge is 0.318 e. The smallest absolute Gasteiger partial charge is 0.227 e. The summed E-state index contributed by atoms with van der Waals surface area (Å²) in [5, 5.41) is 0. The van der Waals surface area contributed by atoms with Crippen molar-refractivity contribution in [1.29, 1.82) is 0 Å². The molecular weight excluding hydrogens is 334 g/mol.